The maximum atomic E-state index is 10.8. The summed E-state index contributed by atoms with van der Waals surface area (Å²) in [7, 11) is -4.33. The fraction of sp³-hybridized carbons (Fsp3) is 0.214. The van der Waals surface area contributed by atoms with Gasteiger partial charge in [-0.15, -0.1) is 0 Å². The summed E-state index contributed by atoms with van der Waals surface area (Å²) in [6.45, 7) is 5.12. The highest BCUT2D eigenvalue weighted by molar-refractivity contribution is 7.85. The lowest BCUT2D eigenvalue weighted by molar-refractivity contribution is -0.638. The molecule has 0 saturated carbocycles. The number of nitrogen functional groups attached to an aromatic ring is 1. The Morgan fingerprint density at radius 3 is 2.05 bits per heavy atom. The van der Waals surface area contributed by atoms with E-state index in [1.54, 1.807) is 50.5 Å². The van der Waals surface area contributed by atoms with E-state index < -0.39 is 10.1 Å². The van der Waals surface area contributed by atoms with Crippen molar-refractivity contribution in [3.8, 4) is 0 Å². The minimum Gasteiger partial charge on any atom is -0.744 e. The molecule has 0 unspecified atom stereocenters. The van der Waals surface area contributed by atoms with Crippen molar-refractivity contribution >= 4 is 21.7 Å². The zero-order valence-corrected chi connectivity index (χ0v) is 13.6. The van der Waals surface area contributed by atoms with Crippen LogP contribution < -0.4 is 10.5 Å². The number of nitrogens with zero attached hydrogens (tertiary/aromatic N) is 1. The van der Waals surface area contributed by atoms with Gasteiger partial charge in [0.2, 0.25) is 6.20 Å². The Morgan fingerprint density at radius 2 is 1.71 bits per heavy atom. The van der Waals surface area contributed by atoms with Crippen molar-refractivity contribution in [3.63, 3.8) is 0 Å². The molecule has 5 nitrogen and oxygen atoms in total. The maximum absolute atomic E-state index is 10.8. The van der Waals surface area contributed by atoms with Crippen LogP contribution in [0.25, 0.3) is 0 Å². The molecule has 0 radical (unpaired) electrons. The van der Waals surface area contributed by atoms with Gasteiger partial charge in [-0.1, -0.05) is 34.0 Å². The minimum absolute atomic E-state index is 0.0851. The average Bonchev–Trinajstić information content (AvgIpc) is 2.25. The molecule has 0 fully saturated rings. The molecule has 1 heterocycles. The second kappa shape index (κ2) is 6.89. The summed E-state index contributed by atoms with van der Waals surface area (Å²) in [6.07, 6.45) is 3.34. The molecule has 0 aliphatic rings. The second-order valence-corrected chi connectivity index (χ2v) is 6.40. The van der Waals surface area contributed by atoms with Crippen LogP contribution in [0.2, 0.25) is 5.02 Å². The van der Waals surface area contributed by atoms with E-state index >= 15 is 0 Å². The van der Waals surface area contributed by atoms with E-state index in [2.05, 4.69) is 0 Å². The highest BCUT2D eigenvalue weighted by Crippen LogP contribution is 2.20. The number of aromatic nitrogens is 1. The van der Waals surface area contributed by atoms with E-state index in [9.17, 15) is 13.0 Å². The van der Waals surface area contributed by atoms with Crippen LogP contribution >= 0.6 is 11.6 Å². The summed E-state index contributed by atoms with van der Waals surface area (Å²) in [5.41, 5.74) is 2.00. The van der Waals surface area contributed by atoms with Crippen LogP contribution in [0.5, 0.6) is 0 Å². The standard InChI is InChI=1S/C9H12O3S.C5H6ClN2/c1-6-4-7(2)9(8(3)5-6)13(10,11)12;6-5-2-1-3-8(7)4-5/h4-5H,1-3H3,(H,10,11,12);1-4H,7H2/q;+1/p-1. The monoisotopic (exact) mass is 328 g/mol. The number of pyridine rings is 1. The Kier molecular flexibility index (Phi) is 5.71. The molecule has 0 amide bonds. The summed E-state index contributed by atoms with van der Waals surface area (Å²) in [6, 6.07) is 6.93. The quantitative estimate of drug-likeness (QED) is 0.491. The van der Waals surface area contributed by atoms with Gasteiger partial charge in [0.25, 0.3) is 0 Å². The Balaban J connectivity index is 0.000000235. The van der Waals surface area contributed by atoms with E-state index in [0.717, 1.165) is 5.56 Å². The van der Waals surface area contributed by atoms with Crippen molar-refractivity contribution in [3.05, 3.63) is 58.4 Å². The second-order valence-electron chi connectivity index (χ2n) is 4.65. The summed E-state index contributed by atoms with van der Waals surface area (Å²) < 4.78 is 33.9. The number of halogens is 1. The van der Waals surface area contributed by atoms with Gasteiger partial charge in [-0.3, -0.25) is 0 Å². The normalized spacial score (nSPS) is 10.7. The van der Waals surface area contributed by atoms with Crippen molar-refractivity contribution in [2.45, 2.75) is 25.7 Å². The van der Waals surface area contributed by atoms with Crippen molar-refractivity contribution in [2.24, 2.45) is 0 Å². The lowest BCUT2D eigenvalue weighted by Crippen LogP contribution is -2.43. The maximum Gasteiger partial charge on any atom is 0.217 e. The topological polar surface area (TPSA) is 87.1 Å². The Bertz CT molecular complexity index is 705. The van der Waals surface area contributed by atoms with Crippen LogP contribution in [0.1, 0.15) is 16.7 Å². The van der Waals surface area contributed by atoms with Crippen LogP contribution in [0.15, 0.2) is 41.6 Å². The largest absolute Gasteiger partial charge is 0.744 e. The van der Waals surface area contributed by atoms with Gasteiger partial charge < -0.3 is 4.55 Å². The number of benzene rings is 1. The van der Waals surface area contributed by atoms with Crippen LogP contribution in [0.4, 0.5) is 0 Å². The average molecular weight is 329 g/mol. The lowest BCUT2D eigenvalue weighted by atomic mass is 10.1. The van der Waals surface area contributed by atoms with E-state index in [-0.39, 0.29) is 4.90 Å². The molecule has 0 aliphatic carbocycles. The molecule has 0 aliphatic heterocycles. The highest BCUT2D eigenvalue weighted by Gasteiger charge is 2.09. The number of nitrogens with two attached hydrogens (primary N) is 1. The smallest absolute Gasteiger partial charge is 0.217 e. The van der Waals surface area contributed by atoms with Gasteiger partial charge in [0.05, 0.1) is 4.90 Å². The predicted octanol–water partition coefficient (Wildman–Crippen LogP) is 1.86. The first-order valence-electron chi connectivity index (χ1n) is 6.07. The number of hydrogen-bond donors (Lipinski definition) is 1. The Labute approximate surface area is 129 Å². The molecule has 2 aromatic rings. The molecule has 1 aromatic heterocycles. The molecular formula is C14H17ClN2O3S. The van der Waals surface area contributed by atoms with Gasteiger partial charge >= 0.3 is 0 Å². The first-order chi connectivity index (χ1) is 9.61. The van der Waals surface area contributed by atoms with Crippen molar-refractivity contribution < 1.29 is 17.6 Å². The molecule has 7 heteroatoms. The third-order valence-corrected chi connectivity index (χ3v) is 4.01. The van der Waals surface area contributed by atoms with Crippen molar-refractivity contribution in [1.82, 2.24) is 0 Å². The first-order valence-corrected chi connectivity index (χ1v) is 7.85. The van der Waals surface area contributed by atoms with Crippen LogP contribution in [-0.4, -0.2) is 13.0 Å². The zero-order chi connectivity index (χ0) is 16.2. The summed E-state index contributed by atoms with van der Waals surface area (Å²) in [5, 5.41) is 0.648. The SMILES string of the molecule is Cc1cc(C)c(S(=O)(=O)[O-])c(C)c1.N[n+]1cccc(Cl)c1. The van der Waals surface area contributed by atoms with Gasteiger partial charge in [-0.2, -0.15) is 0 Å². The van der Waals surface area contributed by atoms with Gasteiger partial charge in [-0.05, 0) is 38.0 Å². The van der Waals surface area contributed by atoms with E-state index in [1.807, 2.05) is 6.92 Å². The fourth-order valence-electron chi connectivity index (χ4n) is 2.02. The third-order valence-electron chi connectivity index (χ3n) is 2.64. The lowest BCUT2D eigenvalue weighted by Gasteiger charge is -2.14. The van der Waals surface area contributed by atoms with Gasteiger partial charge in [-0.25, -0.2) is 14.3 Å². The van der Waals surface area contributed by atoms with E-state index in [1.165, 1.54) is 4.68 Å². The molecule has 0 saturated heterocycles. The molecule has 2 N–H and O–H groups in total. The summed E-state index contributed by atoms with van der Waals surface area (Å²) in [5.74, 6) is 5.29. The summed E-state index contributed by atoms with van der Waals surface area (Å²) in [4.78, 5) is -0.0851. The van der Waals surface area contributed by atoms with Crippen molar-refractivity contribution in [1.29, 1.82) is 0 Å². The predicted molar refractivity (Wildman–Crippen MR) is 80.4 cm³/mol. The molecule has 1 aromatic carbocycles. The molecule has 0 spiro atoms. The van der Waals surface area contributed by atoms with Gasteiger partial charge in [0, 0.05) is 6.07 Å². The molecule has 2 rings (SSSR count). The first kappa shape index (κ1) is 17.4. The third kappa shape index (κ3) is 5.34. The zero-order valence-electron chi connectivity index (χ0n) is 12.0. The van der Waals surface area contributed by atoms with Crippen molar-refractivity contribution in [2.75, 3.05) is 5.84 Å². The van der Waals surface area contributed by atoms with E-state index in [0.29, 0.717) is 16.1 Å². The van der Waals surface area contributed by atoms with Crippen LogP contribution in [0, 0.1) is 20.8 Å². The molecule has 0 bridgehead atoms. The van der Waals surface area contributed by atoms with Gasteiger partial charge in [0.1, 0.15) is 15.1 Å². The molecule has 114 valence electrons. The van der Waals surface area contributed by atoms with Gasteiger partial charge in [0.15, 0.2) is 6.20 Å². The minimum atomic E-state index is -4.33. The molecular weight excluding hydrogens is 312 g/mol. The number of hydrogen-bond acceptors (Lipinski definition) is 4. The Morgan fingerprint density at radius 1 is 1.19 bits per heavy atom. The Hall–Kier alpha value is -1.63. The molecule has 21 heavy (non-hydrogen) atoms. The number of aryl methyl sites for hydroxylation is 3. The number of rotatable bonds is 1. The summed E-state index contributed by atoms with van der Waals surface area (Å²) >= 11 is 5.54. The highest BCUT2D eigenvalue weighted by atomic mass is 35.5. The van der Waals surface area contributed by atoms with Crippen LogP contribution in [-0.2, 0) is 10.1 Å². The van der Waals surface area contributed by atoms with E-state index in [4.69, 9.17) is 17.4 Å². The fourth-order valence-corrected chi connectivity index (χ4v) is 3.12. The molecule has 0 atom stereocenters. The van der Waals surface area contributed by atoms with Crippen LogP contribution in [0.3, 0.4) is 0 Å².